The van der Waals surface area contributed by atoms with Crippen LogP contribution in [0, 0.1) is 67.0 Å². The molecule has 0 aliphatic rings. The standard InChI is InChI=1S/C25H19N.2C13H11F.5C12H11N/c1-18-11-13-19(14-12-18)20-15-16-23-22-9-5-6-10-24(22)26(25(23)17-20)21-7-3-2-4-8-21;1-10-2-4-11(5-3-10)12-6-8-13(14)9-7-12;1-10-5-7-11(8-6-10)12-3-2-4-13(14)9-12;1-10-2-4-11(5-3-10)12-6-8-13-9-7-12;1-10-4-2-5-11(8-10)12-6-3-7-13-9-12;1-10-5-2-3-7-12(10)11-6-4-8-13-9-11;1-10-3-2-4-12(9-10)11-5-7-13-8-6-11;1-10-4-2-3-5-12(10)11-6-8-13-9-7-11/h2-17H,1H3;2*2-9H,1H3;5*2-9H,1H3. The van der Waals surface area contributed by atoms with Crippen LogP contribution in [-0.4, -0.2) is 29.5 Å². The lowest BCUT2D eigenvalue weighted by atomic mass is 10.0. The molecule has 0 spiro atoms. The maximum Gasteiger partial charge on any atom is 0.123 e. The van der Waals surface area contributed by atoms with Crippen LogP contribution < -0.4 is 0 Å². The van der Waals surface area contributed by atoms with Crippen LogP contribution >= 0.6 is 0 Å². The zero-order valence-corrected chi connectivity index (χ0v) is 68.5. The van der Waals surface area contributed by atoms with Gasteiger partial charge in [0, 0.05) is 84.0 Å². The molecule has 0 aliphatic heterocycles. The molecular formula is C111H96F2N6. The predicted octanol–water partition coefficient (Wildman–Crippen LogP) is 29.6. The fourth-order valence-electron chi connectivity index (χ4n) is 13.4. The van der Waals surface area contributed by atoms with Crippen molar-refractivity contribution in [3.8, 4) is 94.7 Å². The summed E-state index contributed by atoms with van der Waals surface area (Å²) in [6, 6.07) is 127. The molecule has 0 bridgehead atoms. The van der Waals surface area contributed by atoms with Crippen molar-refractivity contribution in [2.45, 2.75) is 55.4 Å². The van der Waals surface area contributed by atoms with E-state index in [1.807, 2.05) is 147 Å². The second-order valence-electron chi connectivity index (χ2n) is 29.0. The molecular weight excluding hydrogens is 1460 g/mol. The topological polar surface area (TPSA) is 69.4 Å². The Balaban J connectivity index is 0.000000127. The molecule has 119 heavy (non-hydrogen) atoms. The van der Waals surface area contributed by atoms with Gasteiger partial charge >= 0.3 is 0 Å². The quantitative estimate of drug-likeness (QED) is 0.144. The van der Waals surface area contributed by atoms with E-state index in [-0.39, 0.29) is 11.6 Å². The van der Waals surface area contributed by atoms with Crippen LogP contribution in [0.1, 0.15) is 44.5 Å². The van der Waals surface area contributed by atoms with Gasteiger partial charge in [-0.05, 0) is 247 Å². The Morgan fingerprint density at radius 3 is 0.992 bits per heavy atom. The van der Waals surface area contributed by atoms with Crippen molar-refractivity contribution in [1.82, 2.24) is 29.5 Å². The molecule has 13 aromatic carbocycles. The first-order chi connectivity index (χ1) is 58.2. The predicted molar refractivity (Wildman–Crippen MR) is 496 cm³/mol. The summed E-state index contributed by atoms with van der Waals surface area (Å²) in [6.45, 7) is 16.7. The summed E-state index contributed by atoms with van der Waals surface area (Å²) in [5, 5.41) is 2.59. The van der Waals surface area contributed by atoms with Crippen molar-refractivity contribution < 1.29 is 8.78 Å². The van der Waals surface area contributed by atoms with Crippen molar-refractivity contribution in [1.29, 1.82) is 0 Å². The fourth-order valence-corrected chi connectivity index (χ4v) is 13.4. The molecule has 0 aliphatic carbocycles. The molecule has 0 unspecified atom stereocenters. The lowest BCUT2D eigenvalue weighted by molar-refractivity contribution is 0.627. The summed E-state index contributed by atoms with van der Waals surface area (Å²) < 4.78 is 28.0. The number of hydrogen-bond donors (Lipinski definition) is 0. The molecule has 6 heterocycles. The zero-order chi connectivity index (χ0) is 82.9. The number of hydrogen-bond acceptors (Lipinski definition) is 5. The minimum atomic E-state index is -0.194. The maximum absolute atomic E-state index is 12.9. The summed E-state index contributed by atoms with van der Waals surface area (Å²) in [5.74, 6) is -0.385. The Labute approximate surface area is 700 Å². The van der Waals surface area contributed by atoms with E-state index in [0.29, 0.717) is 0 Å². The zero-order valence-electron chi connectivity index (χ0n) is 68.5. The molecule has 0 saturated heterocycles. The van der Waals surface area contributed by atoms with Gasteiger partial charge in [0.2, 0.25) is 0 Å². The minimum absolute atomic E-state index is 0.192. The van der Waals surface area contributed by atoms with E-state index in [2.05, 4.69) is 321 Å². The molecule has 0 amide bonds. The third kappa shape index (κ3) is 24.7. The average molecular weight is 1550 g/mol. The van der Waals surface area contributed by atoms with Crippen molar-refractivity contribution in [2.75, 3.05) is 0 Å². The first-order valence-electron chi connectivity index (χ1n) is 39.8. The van der Waals surface area contributed by atoms with Crippen molar-refractivity contribution in [3.05, 3.63) is 494 Å². The van der Waals surface area contributed by atoms with Gasteiger partial charge in [0.25, 0.3) is 0 Å². The highest BCUT2D eigenvalue weighted by Gasteiger charge is 2.14. The first kappa shape index (κ1) is 83.7. The van der Waals surface area contributed by atoms with E-state index < -0.39 is 0 Å². The minimum Gasteiger partial charge on any atom is -0.309 e. The summed E-state index contributed by atoms with van der Waals surface area (Å²) >= 11 is 0. The number of pyridine rings is 5. The molecule has 19 rings (SSSR count). The van der Waals surface area contributed by atoms with Gasteiger partial charge in [0.05, 0.1) is 11.0 Å². The number of fused-ring (bicyclic) bond motifs is 3. The smallest absolute Gasteiger partial charge is 0.123 e. The fraction of sp³-hybridized carbons (Fsp3) is 0.0721. The molecule has 6 aromatic heterocycles. The highest BCUT2D eigenvalue weighted by Crippen LogP contribution is 2.36. The van der Waals surface area contributed by atoms with Crippen LogP contribution in [0.2, 0.25) is 0 Å². The summed E-state index contributed by atoms with van der Waals surface area (Å²) in [7, 11) is 0. The highest BCUT2D eigenvalue weighted by molar-refractivity contribution is 6.10. The van der Waals surface area contributed by atoms with Gasteiger partial charge in [0.1, 0.15) is 11.6 Å². The van der Waals surface area contributed by atoms with Crippen LogP contribution in [0.5, 0.6) is 0 Å². The maximum atomic E-state index is 12.9. The normalized spacial score (nSPS) is 10.3. The number of nitrogens with zero attached hydrogens (tertiary/aromatic N) is 6. The van der Waals surface area contributed by atoms with Gasteiger partial charge in [-0.15, -0.1) is 0 Å². The largest absolute Gasteiger partial charge is 0.309 e. The second-order valence-corrected chi connectivity index (χ2v) is 29.0. The van der Waals surface area contributed by atoms with Crippen molar-refractivity contribution in [3.63, 3.8) is 0 Å². The molecule has 0 fully saturated rings. The van der Waals surface area contributed by atoms with Crippen molar-refractivity contribution >= 4 is 21.8 Å². The first-order valence-corrected chi connectivity index (χ1v) is 39.8. The number of benzene rings is 13. The van der Waals surface area contributed by atoms with Crippen LogP contribution in [0.25, 0.3) is 117 Å². The van der Waals surface area contributed by atoms with Crippen LogP contribution in [-0.2, 0) is 0 Å². The molecule has 6 nitrogen and oxygen atoms in total. The lowest BCUT2D eigenvalue weighted by Gasteiger charge is -2.09. The van der Waals surface area contributed by atoms with Gasteiger partial charge in [-0.2, -0.15) is 0 Å². The van der Waals surface area contributed by atoms with Crippen molar-refractivity contribution in [2.24, 2.45) is 0 Å². The molecule has 0 saturated carbocycles. The van der Waals surface area contributed by atoms with Gasteiger partial charge in [-0.1, -0.05) is 312 Å². The summed E-state index contributed by atoms with van der Waals surface area (Å²) in [6.07, 6.45) is 18.3. The Hall–Kier alpha value is -14.7. The number of para-hydroxylation sites is 2. The average Bonchev–Trinajstić information content (AvgIpc) is 1.59. The monoisotopic (exact) mass is 1550 g/mol. The van der Waals surface area contributed by atoms with E-state index in [0.717, 1.165) is 22.3 Å². The van der Waals surface area contributed by atoms with E-state index in [1.54, 1.807) is 36.7 Å². The molecule has 8 heteroatoms. The van der Waals surface area contributed by atoms with E-state index in [1.165, 1.54) is 157 Å². The van der Waals surface area contributed by atoms with E-state index in [4.69, 9.17) is 0 Å². The van der Waals surface area contributed by atoms with E-state index >= 15 is 0 Å². The van der Waals surface area contributed by atoms with Gasteiger partial charge in [-0.25, -0.2) is 8.78 Å². The van der Waals surface area contributed by atoms with Gasteiger partial charge in [-0.3, -0.25) is 24.9 Å². The SMILES string of the molecule is Cc1ccc(-c2ccc(F)cc2)cc1.Cc1ccc(-c2ccc3c4ccccc4n(-c4ccccc4)c3c2)cc1.Cc1ccc(-c2cccc(F)c2)cc1.Cc1ccc(-c2ccncc2)cc1.Cc1cccc(-c2cccnc2)c1.Cc1cccc(-c2ccncc2)c1.Cc1ccccc1-c1cccnc1.Cc1ccccc1-c1ccncc1. The molecule has 0 N–H and O–H groups in total. The third-order valence-electron chi connectivity index (χ3n) is 19.9. The second kappa shape index (κ2) is 43.1. The van der Waals surface area contributed by atoms with Crippen LogP contribution in [0.3, 0.4) is 0 Å². The lowest BCUT2D eigenvalue weighted by Crippen LogP contribution is -1.93. The van der Waals surface area contributed by atoms with E-state index in [9.17, 15) is 8.78 Å². The third-order valence-corrected chi connectivity index (χ3v) is 19.9. The Kier molecular flexibility index (Phi) is 30.3. The summed E-state index contributed by atoms with van der Waals surface area (Å²) in [5.41, 5.74) is 32.8. The highest BCUT2D eigenvalue weighted by atomic mass is 19.1. The summed E-state index contributed by atoms with van der Waals surface area (Å²) in [4.78, 5) is 20.2. The number of aryl methyl sites for hydroxylation is 8. The number of aromatic nitrogens is 6. The Morgan fingerprint density at radius 1 is 0.193 bits per heavy atom. The van der Waals surface area contributed by atoms with Gasteiger partial charge < -0.3 is 4.57 Å². The molecule has 0 radical (unpaired) electrons. The number of halogens is 2. The molecule has 19 aromatic rings. The van der Waals surface area contributed by atoms with Crippen LogP contribution in [0.15, 0.2) is 438 Å². The molecule has 0 atom stereocenters. The van der Waals surface area contributed by atoms with Crippen LogP contribution in [0.4, 0.5) is 8.78 Å². The Bertz CT molecular complexity index is 6060. The van der Waals surface area contributed by atoms with Gasteiger partial charge in [0.15, 0.2) is 0 Å². The molecule has 584 valence electrons. The number of rotatable bonds is 9. The Morgan fingerprint density at radius 2 is 0.538 bits per heavy atom.